The Bertz CT molecular complexity index is 467. The van der Waals surface area contributed by atoms with E-state index in [1.807, 2.05) is 37.3 Å². The maximum absolute atomic E-state index is 12.1. The molecule has 1 aromatic rings. The summed E-state index contributed by atoms with van der Waals surface area (Å²) in [4.78, 5) is 0. The van der Waals surface area contributed by atoms with Gasteiger partial charge >= 0.3 is 0 Å². The van der Waals surface area contributed by atoms with Crippen LogP contribution in [0.1, 0.15) is 18.9 Å². The van der Waals surface area contributed by atoms with Crippen molar-refractivity contribution in [1.82, 2.24) is 10.0 Å². The highest BCUT2D eigenvalue weighted by atomic mass is 32.2. The Kier molecular flexibility index (Phi) is 4.37. The normalized spacial score (nSPS) is 21.9. The topological polar surface area (TPSA) is 58.2 Å². The fourth-order valence-electron chi connectivity index (χ4n) is 2.28. The largest absolute Gasteiger partial charge is 0.315 e. The molecule has 5 heteroatoms. The van der Waals surface area contributed by atoms with Gasteiger partial charge in [-0.25, -0.2) is 13.1 Å². The van der Waals surface area contributed by atoms with Crippen LogP contribution in [-0.4, -0.2) is 32.8 Å². The van der Waals surface area contributed by atoms with E-state index in [9.17, 15) is 8.42 Å². The fraction of sp³-hybridized carbons (Fsp3) is 0.538. The molecule has 2 atom stereocenters. The Hall–Kier alpha value is -0.910. The molecular weight excluding hydrogens is 248 g/mol. The molecule has 1 aromatic carbocycles. The predicted octanol–water partition coefficient (Wildman–Crippen LogP) is 0.899. The van der Waals surface area contributed by atoms with E-state index in [-0.39, 0.29) is 11.3 Å². The van der Waals surface area contributed by atoms with E-state index in [1.54, 1.807) is 0 Å². The Morgan fingerprint density at radius 3 is 2.72 bits per heavy atom. The predicted molar refractivity (Wildman–Crippen MR) is 72.9 cm³/mol. The average Bonchev–Trinajstić information content (AvgIpc) is 2.83. The lowest BCUT2D eigenvalue weighted by molar-refractivity contribution is 0.547. The summed E-state index contributed by atoms with van der Waals surface area (Å²) in [5.41, 5.74) is 1.15. The monoisotopic (exact) mass is 268 g/mol. The van der Waals surface area contributed by atoms with Gasteiger partial charge in [-0.3, -0.25) is 0 Å². The number of benzene rings is 1. The number of hydrogen-bond acceptors (Lipinski definition) is 3. The maximum Gasteiger partial charge on any atom is 0.216 e. The lowest BCUT2D eigenvalue weighted by Crippen LogP contribution is -2.41. The minimum absolute atomic E-state index is 0.0713. The van der Waals surface area contributed by atoms with Gasteiger partial charge in [0.15, 0.2) is 0 Å². The van der Waals surface area contributed by atoms with Gasteiger partial charge in [-0.15, -0.1) is 0 Å². The Labute approximate surface area is 109 Å². The van der Waals surface area contributed by atoms with Gasteiger partial charge in [-0.2, -0.15) is 0 Å². The number of hydrogen-bond donors (Lipinski definition) is 2. The van der Waals surface area contributed by atoms with Crippen molar-refractivity contribution >= 4 is 10.0 Å². The average molecular weight is 268 g/mol. The first-order valence-electron chi connectivity index (χ1n) is 6.34. The standard InChI is InChI=1S/C13H20N2O2S/c1-11(9-12-5-3-2-4-6-12)15-18(16,17)13-7-8-14-10-13/h2-6,11,13-15H,7-10H2,1H3. The quantitative estimate of drug-likeness (QED) is 0.834. The van der Waals surface area contributed by atoms with Gasteiger partial charge in [0.1, 0.15) is 0 Å². The van der Waals surface area contributed by atoms with Crippen LogP contribution >= 0.6 is 0 Å². The minimum Gasteiger partial charge on any atom is -0.315 e. The second-order valence-electron chi connectivity index (χ2n) is 4.87. The highest BCUT2D eigenvalue weighted by Gasteiger charge is 2.29. The summed E-state index contributed by atoms with van der Waals surface area (Å²) in [6.07, 6.45) is 1.42. The van der Waals surface area contributed by atoms with Crippen LogP contribution in [-0.2, 0) is 16.4 Å². The summed E-state index contributed by atoms with van der Waals surface area (Å²) in [7, 11) is -3.19. The van der Waals surface area contributed by atoms with Crippen LogP contribution in [0.2, 0.25) is 0 Å². The third kappa shape index (κ3) is 3.54. The van der Waals surface area contributed by atoms with Crippen LogP contribution in [0.15, 0.2) is 30.3 Å². The highest BCUT2D eigenvalue weighted by Crippen LogP contribution is 2.10. The van der Waals surface area contributed by atoms with Crippen molar-refractivity contribution in [2.75, 3.05) is 13.1 Å². The van der Waals surface area contributed by atoms with Crippen LogP contribution in [0.5, 0.6) is 0 Å². The summed E-state index contributed by atoms with van der Waals surface area (Å²) in [5.74, 6) is 0. The Morgan fingerprint density at radius 1 is 1.39 bits per heavy atom. The molecule has 1 fully saturated rings. The van der Waals surface area contributed by atoms with E-state index in [0.29, 0.717) is 13.0 Å². The molecule has 0 saturated carbocycles. The molecular formula is C13H20N2O2S. The van der Waals surface area contributed by atoms with E-state index in [4.69, 9.17) is 0 Å². The molecule has 0 amide bonds. The number of nitrogens with one attached hydrogen (secondary N) is 2. The first kappa shape index (κ1) is 13.5. The van der Waals surface area contributed by atoms with E-state index < -0.39 is 10.0 Å². The SMILES string of the molecule is CC(Cc1ccccc1)NS(=O)(=O)C1CCNC1. The van der Waals surface area contributed by atoms with Gasteiger partial charge in [-0.1, -0.05) is 30.3 Å². The third-order valence-corrected chi connectivity index (χ3v) is 5.22. The summed E-state index contributed by atoms with van der Waals surface area (Å²) in [5, 5.41) is 2.80. The van der Waals surface area contributed by atoms with E-state index in [2.05, 4.69) is 10.0 Å². The number of sulfonamides is 1. The van der Waals surface area contributed by atoms with Crippen molar-refractivity contribution in [3.63, 3.8) is 0 Å². The van der Waals surface area contributed by atoms with Crippen LogP contribution in [0.25, 0.3) is 0 Å². The van der Waals surface area contributed by atoms with Crippen LogP contribution in [0.3, 0.4) is 0 Å². The van der Waals surface area contributed by atoms with Crippen molar-refractivity contribution < 1.29 is 8.42 Å². The molecule has 1 saturated heterocycles. The molecule has 1 heterocycles. The second kappa shape index (κ2) is 5.82. The van der Waals surface area contributed by atoms with Gasteiger partial charge in [0.05, 0.1) is 5.25 Å². The van der Waals surface area contributed by atoms with Crippen molar-refractivity contribution in [1.29, 1.82) is 0 Å². The molecule has 1 aliphatic heterocycles. The summed E-state index contributed by atoms with van der Waals surface area (Å²) < 4.78 is 26.9. The molecule has 0 bridgehead atoms. The zero-order valence-electron chi connectivity index (χ0n) is 10.6. The zero-order chi connectivity index (χ0) is 13.0. The molecule has 4 nitrogen and oxygen atoms in total. The molecule has 0 aliphatic carbocycles. The van der Waals surface area contributed by atoms with E-state index >= 15 is 0 Å². The molecule has 100 valence electrons. The van der Waals surface area contributed by atoms with E-state index in [0.717, 1.165) is 18.5 Å². The molecule has 2 N–H and O–H groups in total. The zero-order valence-corrected chi connectivity index (χ0v) is 11.4. The first-order valence-corrected chi connectivity index (χ1v) is 7.88. The van der Waals surface area contributed by atoms with Gasteiger partial charge in [0.2, 0.25) is 10.0 Å². The van der Waals surface area contributed by atoms with Crippen molar-refractivity contribution in [2.45, 2.75) is 31.1 Å². The number of rotatable bonds is 5. The molecule has 2 unspecified atom stereocenters. The smallest absolute Gasteiger partial charge is 0.216 e. The molecule has 1 aliphatic rings. The van der Waals surface area contributed by atoms with Crippen LogP contribution in [0.4, 0.5) is 0 Å². The lowest BCUT2D eigenvalue weighted by Gasteiger charge is -2.17. The van der Waals surface area contributed by atoms with Crippen LogP contribution < -0.4 is 10.0 Å². The Morgan fingerprint density at radius 2 is 2.11 bits per heavy atom. The van der Waals surface area contributed by atoms with Gasteiger partial charge in [0.25, 0.3) is 0 Å². The Balaban J connectivity index is 1.92. The summed E-state index contributed by atoms with van der Waals surface area (Å²) in [6, 6.07) is 9.86. The summed E-state index contributed by atoms with van der Waals surface area (Å²) >= 11 is 0. The third-order valence-electron chi connectivity index (χ3n) is 3.20. The van der Waals surface area contributed by atoms with Crippen molar-refractivity contribution in [3.05, 3.63) is 35.9 Å². The van der Waals surface area contributed by atoms with Crippen molar-refractivity contribution in [2.24, 2.45) is 0 Å². The molecule has 0 aromatic heterocycles. The maximum atomic E-state index is 12.1. The highest BCUT2D eigenvalue weighted by molar-refractivity contribution is 7.90. The van der Waals surface area contributed by atoms with Crippen LogP contribution in [0, 0.1) is 0 Å². The second-order valence-corrected chi connectivity index (χ2v) is 6.86. The molecule has 0 radical (unpaired) electrons. The molecule has 2 rings (SSSR count). The van der Waals surface area contributed by atoms with Crippen molar-refractivity contribution in [3.8, 4) is 0 Å². The lowest BCUT2D eigenvalue weighted by atomic mass is 10.1. The summed E-state index contributed by atoms with van der Waals surface area (Å²) in [6.45, 7) is 3.26. The fourth-order valence-corrected chi connectivity index (χ4v) is 3.88. The van der Waals surface area contributed by atoms with Gasteiger partial charge in [0, 0.05) is 12.6 Å². The van der Waals surface area contributed by atoms with E-state index in [1.165, 1.54) is 0 Å². The minimum atomic E-state index is -3.19. The molecule has 0 spiro atoms. The van der Waals surface area contributed by atoms with Gasteiger partial charge in [-0.05, 0) is 31.9 Å². The first-order chi connectivity index (χ1) is 8.58. The molecule has 18 heavy (non-hydrogen) atoms. The van der Waals surface area contributed by atoms with Gasteiger partial charge < -0.3 is 5.32 Å².